The van der Waals surface area contributed by atoms with Gasteiger partial charge in [-0.2, -0.15) is 0 Å². The van der Waals surface area contributed by atoms with Gasteiger partial charge >= 0.3 is 20.7 Å². The highest BCUT2D eigenvalue weighted by molar-refractivity contribution is 7.41. The summed E-state index contributed by atoms with van der Waals surface area (Å²) >= 11 is 0. The van der Waals surface area contributed by atoms with E-state index < -0.39 is 69.0 Å². The van der Waals surface area contributed by atoms with Crippen LogP contribution in [0.2, 0.25) is 0 Å². The van der Waals surface area contributed by atoms with Gasteiger partial charge in [0.25, 0.3) is 5.91 Å². The fourth-order valence-electron chi connectivity index (χ4n) is 14.0. The molecule has 6 heterocycles. The maximum Gasteiger partial charge on any atom is 0.409 e. The second kappa shape index (κ2) is 36.9. The van der Waals surface area contributed by atoms with Gasteiger partial charge in [0.2, 0.25) is 11.8 Å². The first kappa shape index (κ1) is 79.1. The van der Waals surface area contributed by atoms with E-state index in [0.717, 1.165) is 50.9 Å². The zero-order valence-electron chi connectivity index (χ0n) is 63.5. The van der Waals surface area contributed by atoms with Crippen LogP contribution in [-0.4, -0.2) is 158 Å². The Labute approximate surface area is 649 Å². The van der Waals surface area contributed by atoms with Crippen LogP contribution in [0.1, 0.15) is 148 Å². The highest BCUT2D eigenvalue weighted by Crippen LogP contribution is 2.50. The number of ketones is 1. The van der Waals surface area contributed by atoms with Crippen molar-refractivity contribution < 1.29 is 75.5 Å². The molecule has 0 spiro atoms. The molecule has 7 atom stereocenters. The lowest BCUT2D eigenvalue weighted by Gasteiger charge is -2.37. The van der Waals surface area contributed by atoms with Gasteiger partial charge in [0.05, 0.1) is 59.2 Å². The molecule has 1 aliphatic carbocycles. The summed E-state index contributed by atoms with van der Waals surface area (Å²) < 4.78 is 68.3. The van der Waals surface area contributed by atoms with E-state index >= 15 is 0 Å². The van der Waals surface area contributed by atoms with Gasteiger partial charge in [-0.05, 0) is 113 Å². The van der Waals surface area contributed by atoms with Crippen molar-refractivity contribution >= 4 is 78.1 Å². The minimum absolute atomic E-state index is 0.0338. The van der Waals surface area contributed by atoms with E-state index in [9.17, 15) is 28.8 Å². The molecule has 29 heteroatoms. The number of nitrogens with zero attached hydrogens (tertiary/aromatic N) is 9. The molecule has 112 heavy (non-hydrogen) atoms. The molecule has 0 saturated carbocycles. The normalized spacial score (nSPS) is 17.6. The maximum absolute atomic E-state index is 13.9. The SMILES string of the molecule is CCCOP(OC[C@H]1O[C@@H](n2cnc3c(NC(=O)CCCN(C)C(=O)OCC4c5ccccc5-c5ccccc54)ncnc32)CC1OC(=O)CCC(C)=O)OC1C[C@H](n2cnc3c(NC(=O)c4ccc(CNC(=O)CCC(C)C)cc4)ncnc32)O[C@@H]1COC(c1ccccc1)(c1ccc(OC)cc1)c1ccc(OC)cc1. The maximum atomic E-state index is 13.9. The largest absolute Gasteiger partial charge is 0.497 e. The molecule has 0 bridgehead atoms. The van der Waals surface area contributed by atoms with Crippen molar-refractivity contribution in [2.45, 2.75) is 140 Å². The van der Waals surface area contributed by atoms with E-state index in [1.165, 1.54) is 30.8 Å². The Morgan fingerprint density at radius 1 is 0.616 bits per heavy atom. The first-order chi connectivity index (χ1) is 54.5. The Hall–Kier alpha value is -11.0. The highest BCUT2D eigenvalue weighted by Gasteiger charge is 2.46. The van der Waals surface area contributed by atoms with Gasteiger partial charge in [-0.15, -0.1) is 0 Å². The van der Waals surface area contributed by atoms with E-state index in [1.807, 2.05) is 110 Å². The number of amides is 4. The fourth-order valence-corrected chi connectivity index (χ4v) is 15.3. The number of Topliss-reactive ketones (excluding diaryl/α,β-unsaturated/α-hetero) is 1. The fraction of sp³-hybridized carbons (Fsp3) is 0.373. The van der Waals surface area contributed by atoms with Crippen molar-refractivity contribution in [2.75, 3.05) is 64.9 Å². The number of nitrogens with one attached hydrogen (secondary N) is 3. The minimum atomic E-state index is -2.30. The quantitative estimate of drug-likeness (QED) is 0.0187. The first-order valence-electron chi connectivity index (χ1n) is 37.6. The lowest BCUT2D eigenvalue weighted by atomic mass is 9.80. The summed E-state index contributed by atoms with van der Waals surface area (Å²) in [5.74, 6) is 0.234. The molecule has 28 nitrogen and oxygen atoms in total. The van der Waals surface area contributed by atoms with Gasteiger partial charge in [-0.3, -0.25) is 28.3 Å². The van der Waals surface area contributed by atoms with Gasteiger partial charge < -0.3 is 72.4 Å². The number of ether oxygens (including phenoxy) is 7. The third-order valence-corrected chi connectivity index (χ3v) is 21.2. The molecular formula is C83H91N12O16P. The number of imidazole rings is 2. The molecule has 0 radical (unpaired) electrons. The molecule has 4 aromatic heterocycles. The summed E-state index contributed by atoms with van der Waals surface area (Å²) in [6.45, 7) is 8.12. The number of anilines is 2. The highest BCUT2D eigenvalue weighted by atomic mass is 31.2. The van der Waals surface area contributed by atoms with Crippen LogP contribution in [0.15, 0.2) is 177 Å². The number of methoxy groups -OCH3 is 2. The molecule has 584 valence electrons. The summed E-state index contributed by atoms with van der Waals surface area (Å²) in [4.78, 5) is 108. The van der Waals surface area contributed by atoms with Gasteiger partial charge in [-0.1, -0.05) is 136 Å². The summed E-state index contributed by atoms with van der Waals surface area (Å²) in [5.41, 5.74) is 7.91. The van der Waals surface area contributed by atoms with E-state index in [4.69, 9.17) is 51.7 Å². The Bertz CT molecular complexity index is 4820. The molecule has 10 aromatic rings. The molecule has 2 aliphatic heterocycles. The first-order valence-corrected chi connectivity index (χ1v) is 38.7. The monoisotopic (exact) mass is 1540 g/mol. The van der Waals surface area contributed by atoms with Crippen LogP contribution in [0, 0.1) is 5.92 Å². The van der Waals surface area contributed by atoms with Crippen molar-refractivity contribution in [1.29, 1.82) is 0 Å². The number of benzene rings is 6. The topological polar surface area (TPSA) is 321 Å². The minimum Gasteiger partial charge on any atom is -0.497 e. The van der Waals surface area contributed by atoms with Crippen LogP contribution in [-0.2, 0) is 68.6 Å². The second-order valence-corrected chi connectivity index (χ2v) is 29.3. The number of esters is 1. The van der Waals surface area contributed by atoms with Gasteiger partial charge in [0.1, 0.15) is 72.9 Å². The molecule has 4 amide bonds. The number of aromatic nitrogens is 8. The van der Waals surface area contributed by atoms with Crippen molar-refractivity contribution in [2.24, 2.45) is 5.92 Å². The summed E-state index contributed by atoms with van der Waals surface area (Å²) in [6, 6.07) is 48.4. The van der Waals surface area contributed by atoms with Crippen LogP contribution in [0.5, 0.6) is 11.5 Å². The number of hydrogen-bond acceptors (Lipinski definition) is 22. The second-order valence-electron chi connectivity index (χ2n) is 28.1. The zero-order chi connectivity index (χ0) is 78.3. The molecule has 3 aliphatic rings. The van der Waals surface area contributed by atoms with E-state index in [-0.39, 0.29) is 111 Å². The Morgan fingerprint density at radius 2 is 1.19 bits per heavy atom. The molecular weight excluding hydrogens is 1450 g/mol. The average Bonchev–Trinajstić information content (AvgIpc) is 1.15. The molecule has 2 fully saturated rings. The van der Waals surface area contributed by atoms with Crippen molar-refractivity contribution in [3.05, 3.63) is 216 Å². The number of carbonyl (C=O) groups is 6. The number of hydrogen-bond donors (Lipinski definition) is 3. The lowest BCUT2D eigenvalue weighted by Crippen LogP contribution is -2.38. The van der Waals surface area contributed by atoms with Crippen LogP contribution in [0.3, 0.4) is 0 Å². The molecule has 3 unspecified atom stereocenters. The van der Waals surface area contributed by atoms with E-state index in [0.29, 0.717) is 60.1 Å². The van der Waals surface area contributed by atoms with Gasteiger partial charge in [0, 0.05) is 63.7 Å². The van der Waals surface area contributed by atoms with Gasteiger partial charge in [0.15, 0.2) is 34.0 Å². The standard InChI is InChI=1S/C83H91N12O16P/c1-8-41-106-112(107-47-69-66(110-74(99)39-25-53(4)96)42-72(109-69)94-50-89-75-77(85-48-87-79(75)94)91-71(98)23-16-40-93(5)82(101)104-45-65-63-21-14-12-19-61(63)62-20-13-15-22-64(62)65)111-67-43-73(95-51-90-76-78(86-49-88-80(76)95)92-81(100)55-28-26-54(27-29-55)44-84-70(97)38-24-52(2)3)108-68(67)46-105-83(56-17-10-9-11-18-56,57-30-34-59(102-6)35-31-57)58-32-36-60(103-7)37-33-58/h9-15,17-22,26-37,48-52,65-69,72-73H,8,16,23-25,38-47H2,1-7H3,(H,84,97)(H,85,87,91,98)(H,86,88,92,100)/t66?,67?,68-,69-,72-,73-,112?/m1/s1. The van der Waals surface area contributed by atoms with E-state index in [1.54, 1.807) is 61.0 Å². The summed E-state index contributed by atoms with van der Waals surface area (Å²) in [5, 5.41) is 8.74. The third kappa shape index (κ3) is 18.6. The predicted octanol–water partition coefficient (Wildman–Crippen LogP) is 13.5. The smallest absolute Gasteiger partial charge is 0.409 e. The van der Waals surface area contributed by atoms with Crippen molar-refractivity contribution in [3.63, 3.8) is 0 Å². The molecule has 13 rings (SSSR count). The molecule has 2 saturated heterocycles. The van der Waals surface area contributed by atoms with Crippen molar-refractivity contribution in [1.82, 2.24) is 49.3 Å². The van der Waals surface area contributed by atoms with Crippen LogP contribution >= 0.6 is 8.60 Å². The lowest BCUT2D eigenvalue weighted by molar-refractivity contribution is -0.153. The van der Waals surface area contributed by atoms with Crippen LogP contribution in [0.4, 0.5) is 16.4 Å². The average molecular weight is 1540 g/mol. The summed E-state index contributed by atoms with van der Waals surface area (Å²) in [6.07, 6.45) is 2.11. The van der Waals surface area contributed by atoms with Crippen LogP contribution in [0.25, 0.3) is 33.5 Å². The predicted molar refractivity (Wildman–Crippen MR) is 416 cm³/mol. The number of fused-ring (bicyclic) bond motifs is 5. The molecule has 3 N–H and O–H groups in total. The zero-order valence-corrected chi connectivity index (χ0v) is 64.4. The Kier molecular flexibility index (Phi) is 26.1. The number of rotatable bonds is 36. The Morgan fingerprint density at radius 3 is 1.78 bits per heavy atom. The summed E-state index contributed by atoms with van der Waals surface area (Å²) in [7, 11) is 2.55. The number of carbonyl (C=O) groups excluding carboxylic acids is 6. The van der Waals surface area contributed by atoms with Crippen LogP contribution < -0.4 is 25.4 Å². The van der Waals surface area contributed by atoms with Gasteiger partial charge in [-0.25, -0.2) is 34.7 Å². The third-order valence-electron chi connectivity index (χ3n) is 20.0. The van der Waals surface area contributed by atoms with E-state index in [2.05, 4.69) is 79.0 Å². The van der Waals surface area contributed by atoms with Crippen molar-refractivity contribution in [3.8, 4) is 22.6 Å². The molecule has 6 aromatic carbocycles. The Balaban J connectivity index is 0.727.